The van der Waals surface area contributed by atoms with Crippen LogP contribution in [-0.2, 0) is 9.53 Å². The van der Waals surface area contributed by atoms with Gasteiger partial charge in [0.2, 0.25) is 5.16 Å². The van der Waals surface area contributed by atoms with Crippen LogP contribution in [0.1, 0.15) is 0 Å². The zero-order valence-corrected chi connectivity index (χ0v) is 10.7. The first kappa shape index (κ1) is 13.1. The molecule has 2 aromatic rings. The Hall–Kier alpha value is -2.35. The highest BCUT2D eigenvalue weighted by atomic mass is 32.2. The number of aromatic nitrogens is 4. The van der Waals surface area contributed by atoms with Gasteiger partial charge < -0.3 is 9.84 Å². The summed E-state index contributed by atoms with van der Waals surface area (Å²) in [4.78, 5) is 10.9. The molecule has 0 saturated carbocycles. The average molecular weight is 278 g/mol. The van der Waals surface area contributed by atoms with Gasteiger partial charge in [0.15, 0.2) is 0 Å². The van der Waals surface area contributed by atoms with Crippen molar-refractivity contribution < 1.29 is 14.6 Å². The summed E-state index contributed by atoms with van der Waals surface area (Å²) >= 11 is 1.18. The Balaban J connectivity index is 2.16. The standard InChI is InChI=1S/C11H10N4O3S/c1-18-10(17)6-7-19-11-12-13-14-15(11)8-2-4-9(16)5-3-8/h2-7,16H,1H3. The number of nitrogens with zero attached hydrogens (tertiary/aromatic N) is 4. The maximum atomic E-state index is 10.9. The first-order valence-corrected chi connectivity index (χ1v) is 6.07. The molecule has 0 amide bonds. The number of hydrogen-bond donors (Lipinski definition) is 1. The van der Waals surface area contributed by atoms with Crippen LogP contribution in [0.4, 0.5) is 0 Å². The summed E-state index contributed by atoms with van der Waals surface area (Å²) in [6, 6.07) is 6.44. The highest BCUT2D eigenvalue weighted by Gasteiger charge is 2.07. The molecular formula is C11H10N4O3S. The third-order valence-electron chi connectivity index (χ3n) is 2.11. The van der Waals surface area contributed by atoms with Crippen molar-refractivity contribution in [2.45, 2.75) is 5.16 Å². The molecule has 0 aliphatic rings. The number of phenolic OH excluding ortho intramolecular Hbond substituents is 1. The van der Waals surface area contributed by atoms with E-state index in [4.69, 9.17) is 0 Å². The Morgan fingerprint density at radius 3 is 2.84 bits per heavy atom. The minimum absolute atomic E-state index is 0.164. The highest BCUT2D eigenvalue weighted by Crippen LogP contribution is 2.20. The second kappa shape index (κ2) is 6.01. The molecule has 0 aliphatic heterocycles. The second-order valence-corrected chi connectivity index (χ2v) is 4.21. The number of methoxy groups -OCH3 is 1. The first-order valence-electron chi connectivity index (χ1n) is 5.19. The molecule has 1 aromatic heterocycles. The van der Waals surface area contributed by atoms with E-state index >= 15 is 0 Å². The van der Waals surface area contributed by atoms with Gasteiger partial charge in [0.05, 0.1) is 12.8 Å². The SMILES string of the molecule is COC(=O)C=CSc1nnnn1-c1ccc(O)cc1. The molecule has 0 aliphatic carbocycles. The van der Waals surface area contributed by atoms with Crippen molar-refractivity contribution in [3.05, 3.63) is 35.7 Å². The molecule has 0 unspecified atom stereocenters. The van der Waals surface area contributed by atoms with Gasteiger partial charge in [-0.25, -0.2) is 4.79 Å². The van der Waals surface area contributed by atoms with Crippen molar-refractivity contribution in [2.75, 3.05) is 7.11 Å². The van der Waals surface area contributed by atoms with Gasteiger partial charge in [-0.2, -0.15) is 4.68 Å². The van der Waals surface area contributed by atoms with Gasteiger partial charge in [-0.1, -0.05) is 11.8 Å². The molecule has 19 heavy (non-hydrogen) atoms. The molecule has 0 fully saturated rings. The fourth-order valence-electron chi connectivity index (χ4n) is 1.23. The smallest absolute Gasteiger partial charge is 0.330 e. The lowest BCUT2D eigenvalue weighted by Gasteiger charge is -2.02. The van der Waals surface area contributed by atoms with E-state index < -0.39 is 5.97 Å². The van der Waals surface area contributed by atoms with Crippen molar-refractivity contribution in [1.29, 1.82) is 0 Å². The molecule has 1 heterocycles. The van der Waals surface area contributed by atoms with E-state index in [1.807, 2.05) is 0 Å². The van der Waals surface area contributed by atoms with Gasteiger partial charge in [0.25, 0.3) is 0 Å². The van der Waals surface area contributed by atoms with E-state index in [2.05, 4.69) is 20.3 Å². The van der Waals surface area contributed by atoms with Crippen LogP contribution < -0.4 is 0 Å². The Bertz CT molecular complexity index is 594. The molecule has 2 rings (SSSR count). The van der Waals surface area contributed by atoms with Crippen molar-refractivity contribution in [1.82, 2.24) is 20.2 Å². The van der Waals surface area contributed by atoms with Gasteiger partial charge in [-0.3, -0.25) is 0 Å². The molecule has 0 bridgehead atoms. The molecule has 0 atom stereocenters. The molecule has 1 N–H and O–H groups in total. The fraction of sp³-hybridized carbons (Fsp3) is 0.0909. The van der Waals surface area contributed by atoms with Gasteiger partial charge in [0.1, 0.15) is 5.75 Å². The van der Waals surface area contributed by atoms with Gasteiger partial charge >= 0.3 is 5.97 Å². The lowest BCUT2D eigenvalue weighted by Crippen LogP contribution is -1.98. The molecule has 0 spiro atoms. The summed E-state index contributed by atoms with van der Waals surface area (Å²) in [7, 11) is 1.30. The Labute approximate surface area is 112 Å². The Morgan fingerprint density at radius 1 is 1.42 bits per heavy atom. The summed E-state index contributed by atoms with van der Waals surface area (Å²) in [5.41, 5.74) is 0.705. The number of carbonyl (C=O) groups excluding carboxylic acids is 1. The van der Waals surface area contributed by atoms with Crippen LogP contribution in [0.3, 0.4) is 0 Å². The molecule has 0 saturated heterocycles. The van der Waals surface area contributed by atoms with Crippen molar-refractivity contribution >= 4 is 17.7 Å². The third-order valence-corrected chi connectivity index (χ3v) is 2.85. The number of benzene rings is 1. The number of tetrazole rings is 1. The zero-order valence-electron chi connectivity index (χ0n) is 9.92. The number of aromatic hydroxyl groups is 1. The van der Waals surface area contributed by atoms with Crippen molar-refractivity contribution in [3.63, 3.8) is 0 Å². The van der Waals surface area contributed by atoms with E-state index in [-0.39, 0.29) is 5.75 Å². The van der Waals surface area contributed by atoms with Crippen LogP contribution in [0.2, 0.25) is 0 Å². The predicted octanol–water partition coefficient (Wildman–Crippen LogP) is 1.15. The van der Waals surface area contributed by atoms with Crippen LogP contribution in [0.5, 0.6) is 5.75 Å². The Kier molecular flexibility index (Phi) is 4.14. The van der Waals surface area contributed by atoms with Crippen molar-refractivity contribution in [3.8, 4) is 11.4 Å². The molecule has 8 heteroatoms. The van der Waals surface area contributed by atoms with Gasteiger partial charge in [-0.15, -0.1) is 5.10 Å². The number of phenols is 1. The maximum absolute atomic E-state index is 10.9. The van der Waals surface area contributed by atoms with Gasteiger partial charge in [-0.05, 0) is 40.1 Å². The molecule has 1 aromatic carbocycles. The lowest BCUT2D eigenvalue weighted by atomic mass is 10.3. The van der Waals surface area contributed by atoms with E-state index in [9.17, 15) is 9.90 Å². The summed E-state index contributed by atoms with van der Waals surface area (Å²) in [6.45, 7) is 0. The fourth-order valence-corrected chi connectivity index (χ4v) is 1.85. The number of ether oxygens (including phenoxy) is 1. The normalized spacial score (nSPS) is 10.8. The van der Waals surface area contributed by atoms with Crippen LogP contribution >= 0.6 is 11.8 Å². The van der Waals surface area contributed by atoms with E-state index in [0.717, 1.165) is 0 Å². The first-order chi connectivity index (χ1) is 9.20. The molecule has 98 valence electrons. The molecule has 7 nitrogen and oxygen atoms in total. The summed E-state index contributed by atoms with van der Waals surface area (Å²) in [5.74, 6) is -0.284. The number of esters is 1. The quantitative estimate of drug-likeness (QED) is 0.509. The largest absolute Gasteiger partial charge is 0.508 e. The lowest BCUT2D eigenvalue weighted by molar-refractivity contribution is -0.134. The number of hydrogen-bond acceptors (Lipinski definition) is 7. The molecule has 0 radical (unpaired) electrons. The maximum Gasteiger partial charge on any atom is 0.330 e. The van der Waals surface area contributed by atoms with E-state index in [1.54, 1.807) is 12.1 Å². The minimum atomic E-state index is -0.448. The highest BCUT2D eigenvalue weighted by molar-refractivity contribution is 8.02. The zero-order chi connectivity index (χ0) is 13.7. The monoisotopic (exact) mass is 278 g/mol. The summed E-state index contributed by atoms with van der Waals surface area (Å²) in [5, 5.41) is 22.5. The third kappa shape index (κ3) is 3.32. The average Bonchev–Trinajstić information content (AvgIpc) is 2.88. The second-order valence-electron chi connectivity index (χ2n) is 3.33. The predicted molar refractivity (Wildman–Crippen MR) is 67.8 cm³/mol. The number of carbonyl (C=O) groups is 1. The van der Waals surface area contributed by atoms with Gasteiger partial charge in [0, 0.05) is 6.08 Å². The summed E-state index contributed by atoms with van der Waals surface area (Å²) in [6.07, 6.45) is 1.28. The number of thioether (sulfide) groups is 1. The van der Waals surface area contributed by atoms with Crippen LogP contribution in [0.15, 0.2) is 40.9 Å². The van der Waals surface area contributed by atoms with Crippen LogP contribution in [0.25, 0.3) is 5.69 Å². The minimum Gasteiger partial charge on any atom is -0.508 e. The van der Waals surface area contributed by atoms with Crippen LogP contribution in [0, 0.1) is 0 Å². The van der Waals surface area contributed by atoms with Crippen LogP contribution in [-0.4, -0.2) is 38.4 Å². The van der Waals surface area contributed by atoms with E-state index in [1.165, 1.54) is 47.2 Å². The molecular weight excluding hydrogens is 268 g/mol. The van der Waals surface area contributed by atoms with Crippen molar-refractivity contribution in [2.24, 2.45) is 0 Å². The number of rotatable bonds is 4. The Morgan fingerprint density at radius 2 is 2.16 bits per heavy atom. The van der Waals surface area contributed by atoms with E-state index in [0.29, 0.717) is 10.8 Å². The topological polar surface area (TPSA) is 90.1 Å². The summed E-state index contributed by atoms with van der Waals surface area (Å²) < 4.78 is 5.96.